The van der Waals surface area contributed by atoms with Gasteiger partial charge in [0.05, 0.1) is 18.9 Å². The molecule has 0 fully saturated rings. The minimum atomic E-state index is -0.520. The molecule has 0 saturated heterocycles. The maximum absolute atomic E-state index is 13.1. The Labute approximate surface area is 188 Å². The van der Waals surface area contributed by atoms with Crippen LogP contribution >= 0.6 is 0 Å². The van der Waals surface area contributed by atoms with Gasteiger partial charge in [0.1, 0.15) is 5.92 Å². The topological polar surface area (TPSA) is 38.7 Å². The van der Waals surface area contributed by atoms with Gasteiger partial charge in [0.2, 0.25) is 0 Å². The smallest absolute Gasteiger partial charge is 0.315 e. The fourth-order valence-electron chi connectivity index (χ4n) is 4.54. The van der Waals surface area contributed by atoms with Gasteiger partial charge in [-0.15, -0.1) is 0 Å². The number of benzene rings is 4. The van der Waals surface area contributed by atoms with Crippen LogP contribution in [0.2, 0.25) is 0 Å². The van der Waals surface area contributed by atoms with Crippen molar-refractivity contribution in [3.05, 3.63) is 131 Å². The third kappa shape index (κ3) is 3.52. The van der Waals surface area contributed by atoms with Crippen LogP contribution in [0.4, 0.5) is 0 Å². The minimum Gasteiger partial charge on any atom is -0.468 e. The molecule has 1 unspecified atom stereocenters. The number of methoxy groups -OCH3 is 1. The van der Waals surface area contributed by atoms with Crippen molar-refractivity contribution in [2.45, 2.75) is 12.0 Å². The summed E-state index contributed by atoms with van der Waals surface area (Å²) in [5.41, 5.74) is 7.04. The Morgan fingerprint density at radius 3 is 1.69 bits per heavy atom. The zero-order chi connectivity index (χ0) is 21.9. The molecule has 0 N–H and O–H groups in total. The highest BCUT2D eigenvalue weighted by Crippen LogP contribution is 2.48. The average molecular weight is 418 g/mol. The number of aliphatic imine (C=N–C) groups is 1. The van der Waals surface area contributed by atoms with Crippen molar-refractivity contribution >= 4 is 11.7 Å². The maximum atomic E-state index is 13.1. The molecule has 0 saturated carbocycles. The van der Waals surface area contributed by atoms with E-state index in [0.717, 1.165) is 39.1 Å². The first-order valence-corrected chi connectivity index (χ1v) is 10.7. The highest BCUT2D eigenvalue weighted by Gasteiger charge is 2.39. The van der Waals surface area contributed by atoms with Crippen LogP contribution in [0.15, 0.2) is 114 Å². The summed E-state index contributed by atoms with van der Waals surface area (Å²) >= 11 is 0. The summed E-state index contributed by atoms with van der Waals surface area (Å²) in [4.78, 5) is 18.4. The van der Waals surface area contributed by atoms with E-state index in [2.05, 4.69) is 42.5 Å². The van der Waals surface area contributed by atoms with Crippen molar-refractivity contribution in [2.75, 3.05) is 7.11 Å². The molecule has 0 heterocycles. The van der Waals surface area contributed by atoms with Gasteiger partial charge in [-0.25, -0.2) is 0 Å². The number of esters is 1. The van der Waals surface area contributed by atoms with Gasteiger partial charge in [0, 0.05) is 11.1 Å². The molecule has 5 rings (SSSR count). The molecule has 1 aliphatic carbocycles. The zero-order valence-corrected chi connectivity index (χ0v) is 17.8. The van der Waals surface area contributed by atoms with Crippen molar-refractivity contribution in [2.24, 2.45) is 4.99 Å². The Morgan fingerprint density at radius 2 is 1.12 bits per heavy atom. The molecule has 3 heteroatoms. The molecule has 0 aromatic heterocycles. The Bertz CT molecular complexity index is 1240. The SMILES string of the molecule is COC(=O)[C@@H]1c2ccccc2-c2ccccc2C1N=C(c1ccccc1)c1ccccc1. The second-order valence-corrected chi connectivity index (χ2v) is 7.83. The van der Waals surface area contributed by atoms with E-state index in [9.17, 15) is 4.79 Å². The number of hydrogen-bond acceptors (Lipinski definition) is 3. The van der Waals surface area contributed by atoms with E-state index in [4.69, 9.17) is 9.73 Å². The van der Waals surface area contributed by atoms with Crippen LogP contribution in [0.3, 0.4) is 0 Å². The molecule has 2 atom stereocenters. The van der Waals surface area contributed by atoms with Crippen LogP contribution in [0, 0.1) is 0 Å². The first-order chi connectivity index (χ1) is 15.8. The molecule has 0 bridgehead atoms. The Balaban J connectivity index is 1.77. The molecule has 0 radical (unpaired) electrons. The monoisotopic (exact) mass is 417 g/mol. The van der Waals surface area contributed by atoms with Gasteiger partial charge in [-0.3, -0.25) is 9.79 Å². The largest absolute Gasteiger partial charge is 0.468 e. The van der Waals surface area contributed by atoms with E-state index in [1.54, 1.807) is 0 Å². The predicted octanol–water partition coefficient (Wildman–Crippen LogP) is 6.20. The van der Waals surface area contributed by atoms with Crippen molar-refractivity contribution in [1.29, 1.82) is 0 Å². The van der Waals surface area contributed by atoms with Crippen molar-refractivity contribution in [3.63, 3.8) is 0 Å². The molecule has 0 spiro atoms. The highest BCUT2D eigenvalue weighted by atomic mass is 16.5. The summed E-state index contributed by atoms with van der Waals surface area (Å²) < 4.78 is 5.28. The van der Waals surface area contributed by atoms with E-state index in [-0.39, 0.29) is 5.97 Å². The van der Waals surface area contributed by atoms with E-state index in [1.807, 2.05) is 66.7 Å². The molecule has 4 aromatic rings. The molecule has 1 aliphatic rings. The Morgan fingerprint density at radius 1 is 0.656 bits per heavy atom. The molecular formula is C29H23NO2. The second-order valence-electron chi connectivity index (χ2n) is 7.83. The lowest BCUT2D eigenvalue weighted by molar-refractivity contribution is -0.143. The van der Waals surface area contributed by atoms with E-state index in [0.29, 0.717) is 0 Å². The number of fused-ring (bicyclic) bond motifs is 3. The second kappa shape index (κ2) is 8.64. The Hall–Kier alpha value is -3.98. The third-order valence-corrected chi connectivity index (χ3v) is 6.00. The molecule has 3 nitrogen and oxygen atoms in total. The lowest BCUT2D eigenvalue weighted by Gasteiger charge is -2.32. The molecule has 32 heavy (non-hydrogen) atoms. The van der Waals surface area contributed by atoms with Crippen LogP contribution in [0.1, 0.15) is 34.2 Å². The molecule has 156 valence electrons. The van der Waals surface area contributed by atoms with Gasteiger partial charge >= 0.3 is 5.97 Å². The molecular weight excluding hydrogens is 394 g/mol. The van der Waals surface area contributed by atoms with E-state index >= 15 is 0 Å². The fraction of sp³-hybridized carbons (Fsp3) is 0.103. The van der Waals surface area contributed by atoms with Gasteiger partial charge < -0.3 is 4.74 Å². The summed E-state index contributed by atoms with van der Waals surface area (Å²) in [5.74, 6) is -0.797. The zero-order valence-electron chi connectivity index (χ0n) is 17.8. The van der Waals surface area contributed by atoms with E-state index < -0.39 is 12.0 Å². The van der Waals surface area contributed by atoms with E-state index in [1.165, 1.54) is 7.11 Å². The van der Waals surface area contributed by atoms with Crippen molar-refractivity contribution in [1.82, 2.24) is 0 Å². The normalized spacial score (nSPS) is 16.4. The number of nitrogens with zero attached hydrogens (tertiary/aromatic N) is 1. The summed E-state index contributed by atoms with van der Waals surface area (Å²) in [6, 6.07) is 36.1. The lowest BCUT2D eigenvalue weighted by atomic mass is 9.75. The predicted molar refractivity (Wildman–Crippen MR) is 128 cm³/mol. The third-order valence-electron chi connectivity index (χ3n) is 6.00. The number of ether oxygens (including phenoxy) is 1. The standard InChI is InChI=1S/C29H23NO2/c1-32-29(31)26-24-18-10-8-16-22(24)23-17-9-11-19-25(23)28(26)30-27(20-12-4-2-5-13-20)21-14-6-3-7-15-21/h2-19,26,28H,1H3/t26-,28?/m1/s1. The maximum Gasteiger partial charge on any atom is 0.315 e. The highest BCUT2D eigenvalue weighted by molar-refractivity contribution is 6.13. The minimum absolute atomic E-state index is 0.277. The lowest BCUT2D eigenvalue weighted by Crippen LogP contribution is -2.26. The van der Waals surface area contributed by atoms with Crippen LogP contribution in [0.5, 0.6) is 0 Å². The van der Waals surface area contributed by atoms with Crippen molar-refractivity contribution in [3.8, 4) is 11.1 Å². The summed E-state index contributed by atoms with van der Waals surface area (Å²) in [6.07, 6.45) is 0. The quantitative estimate of drug-likeness (QED) is 0.293. The summed E-state index contributed by atoms with van der Waals surface area (Å²) in [7, 11) is 1.45. The fourth-order valence-corrected chi connectivity index (χ4v) is 4.54. The van der Waals surface area contributed by atoms with Crippen LogP contribution < -0.4 is 0 Å². The van der Waals surface area contributed by atoms with Gasteiger partial charge in [-0.1, -0.05) is 109 Å². The first kappa shape index (κ1) is 20.0. The number of hydrogen-bond donors (Lipinski definition) is 0. The average Bonchev–Trinajstić information content (AvgIpc) is 2.87. The summed E-state index contributed by atoms with van der Waals surface area (Å²) in [5, 5.41) is 0. The Kier molecular flexibility index (Phi) is 5.39. The molecule has 0 amide bonds. The van der Waals surface area contributed by atoms with Crippen LogP contribution in [-0.4, -0.2) is 18.8 Å². The number of carbonyl (C=O) groups is 1. The molecule has 4 aromatic carbocycles. The van der Waals surface area contributed by atoms with Crippen LogP contribution in [0.25, 0.3) is 11.1 Å². The van der Waals surface area contributed by atoms with Gasteiger partial charge in [0.15, 0.2) is 0 Å². The van der Waals surface area contributed by atoms with Gasteiger partial charge in [-0.2, -0.15) is 0 Å². The van der Waals surface area contributed by atoms with Gasteiger partial charge in [-0.05, 0) is 22.3 Å². The molecule has 0 aliphatic heterocycles. The van der Waals surface area contributed by atoms with Gasteiger partial charge in [0.25, 0.3) is 0 Å². The number of carbonyl (C=O) groups excluding carboxylic acids is 1. The first-order valence-electron chi connectivity index (χ1n) is 10.7. The van der Waals surface area contributed by atoms with Crippen molar-refractivity contribution < 1.29 is 9.53 Å². The summed E-state index contributed by atoms with van der Waals surface area (Å²) in [6.45, 7) is 0. The van der Waals surface area contributed by atoms with Crippen LogP contribution in [-0.2, 0) is 9.53 Å². The number of rotatable bonds is 4.